The second-order valence-corrected chi connectivity index (χ2v) is 5.58. The van der Waals surface area contributed by atoms with Crippen molar-refractivity contribution in [2.45, 2.75) is 33.2 Å². The van der Waals surface area contributed by atoms with Crippen LogP contribution in [0.15, 0.2) is 0 Å². The standard InChI is InChI=1S/C12H23N3O2.ClH/c1-12(2,3)11(17)14-8-10(16)15(4)9-5-6-13-7-9;/h9,13H,5-8H2,1-4H3,(H,14,17);1H. The highest BCUT2D eigenvalue weighted by atomic mass is 35.5. The molecule has 5 nitrogen and oxygen atoms in total. The van der Waals surface area contributed by atoms with Crippen LogP contribution in [0.4, 0.5) is 0 Å². The van der Waals surface area contributed by atoms with Crippen molar-refractivity contribution in [3.05, 3.63) is 0 Å². The van der Waals surface area contributed by atoms with Crippen molar-refractivity contribution in [1.29, 1.82) is 0 Å². The van der Waals surface area contributed by atoms with Crippen LogP contribution in [0.3, 0.4) is 0 Å². The summed E-state index contributed by atoms with van der Waals surface area (Å²) in [4.78, 5) is 25.2. The lowest BCUT2D eigenvalue weighted by molar-refractivity contribution is -0.135. The highest BCUT2D eigenvalue weighted by Gasteiger charge is 2.25. The molecule has 0 radical (unpaired) electrons. The maximum atomic E-state index is 11.8. The van der Waals surface area contributed by atoms with Gasteiger partial charge in [-0.1, -0.05) is 20.8 Å². The minimum atomic E-state index is -0.451. The second kappa shape index (κ2) is 6.95. The molecule has 1 aliphatic heterocycles. The van der Waals surface area contributed by atoms with Crippen LogP contribution < -0.4 is 10.6 Å². The third-order valence-corrected chi connectivity index (χ3v) is 3.06. The molecule has 0 aliphatic carbocycles. The highest BCUT2D eigenvalue weighted by Crippen LogP contribution is 2.12. The molecule has 1 heterocycles. The summed E-state index contributed by atoms with van der Waals surface area (Å²) < 4.78 is 0. The Morgan fingerprint density at radius 3 is 2.44 bits per heavy atom. The van der Waals surface area contributed by atoms with Crippen molar-refractivity contribution in [2.24, 2.45) is 5.41 Å². The molecule has 2 amide bonds. The summed E-state index contributed by atoms with van der Waals surface area (Å²) in [6.45, 7) is 7.38. The molecule has 0 spiro atoms. The molecule has 1 rings (SSSR count). The molecule has 0 aromatic heterocycles. The summed E-state index contributed by atoms with van der Waals surface area (Å²) >= 11 is 0. The second-order valence-electron chi connectivity index (χ2n) is 5.58. The van der Waals surface area contributed by atoms with Crippen LogP contribution in [0.5, 0.6) is 0 Å². The predicted octanol–water partition coefficient (Wildman–Crippen LogP) is 0.391. The van der Waals surface area contributed by atoms with Gasteiger partial charge in [-0.3, -0.25) is 9.59 Å². The normalized spacial score (nSPS) is 19.0. The Morgan fingerprint density at radius 2 is 2.00 bits per heavy atom. The minimum Gasteiger partial charge on any atom is -0.347 e. The quantitative estimate of drug-likeness (QED) is 0.785. The zero-order valence-corrected chi connectivity index (χ0v) is 12.4. The smallest absolute Gasteiger partial charge is 0.242 e. The summed E-state index contributed by atoms with van der Waals surface area (Å²) in [5.74, 6) is -0.125. The van der Waals surface area contributed by atoms with E-state index in [1.165, 1.54) is 0 Å². The number of nitrogens with zero attached hydrogens (tertiary/aromatic N) is 1. The lowest BCUT2D eigenvalue weighted by atomic mass is 9.96. The van der Waals surface area contributed by atoms with Crippen LogP contribution in [0.1, 0.15) is 27.2 Å². The van der Waals surface area contributed by atoms with Crippen LogP contribution in [0, 0.1) is 5.41 Å². The van der Waals surface area contributed by atoms with E-state index in [1.807, 2.05) is 20.8 Å². The van der Waals surface area contributed by atoms with E-state index in [1.54, 1.807) is 11.9 Å². The third-order valence-electron chi connectivity index (χ3n) is 3.06. The highest BCUT2D eigenvalue weighted by molar-refractivity contribution is 5.87. The molecule has 1 unspecified atom stereocenters. The van der Waals surface area contributed by atoms with E-state index in [-0.39, 0.29) is 36.8 Å². The Bertz CT molecular complexity index is 296. The monoisotopic (exact) mass is 277 g/mol. The number of hydrogen-bond acceptors (Lipinski definition) is 3. The van der Waals surface area contributed by atoms with Gasteiger partial charge in [0.15, 0.2) is 0 Å². The first-order valence-corrected chi connectivity index (χ1v) is 6.07. The van der Waals surface area contributed by atoms with Gasteiger partial charge in [-0.25, -0.2) is 0 Å². The largest absolute Gasteiger partial charge is 0.347 e. The van der Waals surface area contributed by atoms with E-state index in [2.05, 4.69) is 10.6 Å². The van der Waals surface area contributed by atoms with Crippen molar-refractivity contribution in [2.75, 3.05) is 26.7 Å². The number of rotatable bonds is 3. The molecule has 2 N–H and O–H groups in total. The Balaban J connectivity index is 0.00000289. The van der Waals surface area contributed by atoms with Crippen LogP contribution in [0.2, 0.25) is 0 Å². The zero-order chi connectivity index (χ0) is 13.1. The molecular formula is C12H24ClN3O2. The molecule has 106 valence electrons. The SMILES string of the molecule is CN(C(=O)CNC(=O)C(C)(C)C)C1CCNC1.Cl. The fourth-order valence-electron chi connectivity index (χ4n) is 1.72. The molecule has 0 aromatic carbocycles. The van der Waals surface area contributed by atoms with E-state index in [0.29, 0.717) is 0 Å². The lowest BCUT2D eigenvalue weighted by Gasteiger charge is -2.25. The number of amides is 2. The first-order valence-electron chi connectivity index (χ1n) is 6.07. The topological polar surface area (TPSA) is 61.4 Å². The van der Waals surface area contributed by atoms with Gasteiger partial charge in [0, 0.05) is 25.0 Å². The maximum Gasteiger partial charge on any atom is 0.242 e. The Morgan fingerprint density at radius 1 is 1.39 bits per heavy atom. The summed E-state index contributed by atoms with van der Waals surface area (Å²) in [5.41, 5.74) is -0.451. The molecule has 1 atom stereocenters. The summed E-state index contributed by atoms with van der Waals surface area (Å²) in [6, 6.07) is 0.258. The van der Waals surface area contributed by atoms with Crippen LogP contribution in [-0.2, 0) is 9.59 Å². The Kier molecular flexibility index (Phi) is 6.63. The summed E-state index contributed by atoms with van der Waals surface area (Å²) in [7, 11) is 1.79. The van der Waals surface area contributed by atoms with Crippen molar-refractivity contribution >= 4 is 24.2 Å². The molecular weight excluding hydrogens is 254 g/mol. The number of carbonyl (C=O) groups excluding carboxylic acids is 2. The van der Waals surface area contributed by atoms with E-state index < -0.39 is 5.41 Å². The molecule has 1 saturated heterocycles. The molecule has 6 heteroatoms. The fourth-order valence-corrected chi connectivity index (χ4v) is 1.72. The van der Waals surface area contributed by atoms with Gasteiger partial charge < -0.3 is 15.5 Å². The minimum absolute atomic E-state index is 0. The molecule has 18 heavy (non-hydrogen) atoms. The molecule has 1 fully saturated rings. The van der Waals surface area contributed by atoms with Gasteiger partial charge in [0.2, 0.25) is 11.8 Å². The van der Waals surface area contributed by atoms with Crippen molar-refractivity contribution < 1.29 is 9.59 Å². The number of likely N-dealkylation sites (N-methyl/N-ethyl adjacent to an activating group) is 1. The average Bonchev–Trinajstić information content (AvgIpc) is 2.76. The number of halogens is 1. The Hall–Kier alpha value is -0.810. The van der Waals surface area contributed by atoms with Gasteiger partial charge in [-0.05, 0) is 13.0 Å². The van der Waals surface area contributed by atoms with Gasteiger partial charge in [-0.2, -0.15) is 0 Å². The molecule has 0 saturated carbocycles. The van der Waals surface area contributed by atoms with E-state index in [0.717, 1.165) is 19.5 Å². The number of hydrogen-bond donors (Lipinski definition) is 2. The summed E-state index contributed by atoms with van der Waals surface area (Å²) in [5, 5.41) is 5.89. The third kappa shape index (κ3) is 4.82. The van der Waals surface area contributed by atoms with Crippen LogP contribution in [-0.4, -0.2) is 49.4 Å². The number of nitrogens with one attached hydrogen (secondary N) is 2. The first-order chi connectivity index (χ1) is 7.82. The van der Waals surface area contributed by atoms with Gasteiger partial charge >= 0.3 is 0 Å². The van der Waals surface area contributed by atoms with Crippen molar-refractivity contribution in [3.8, 4) is 0 Å². The fraction of sp³-hybridized carbons (Fsp3) is 0.833. The van der Waals surface area contributed by atoms with E-state index in [4.69, 9.17) is 0 Å². The first kappa shape index (κ1) is 17.2. The predicted molar refractivity (Wildman–Crippen MR) is 73.8 cm³/mol. The molecule has 0 bridgehead atoms. The zero-order valence-electron chi connectivity index (χ0n) is 11.6. The average molecular weight is 278 g/mol. The Labute approximate surface area is 115 Å². The van der Waals surface area contributed by atoms with Gasteiger partial charge in [0.05, 0.1) is 6.54 Å². The molecule has 1 aliphatic rings. The van der Waals surface area contributed by atoms with Crippen LogP contribution in [0.25, 0.3) is 0 Å². The molecule has 0 aromatic rings. The van der Waals surface area contributed by atoms with Crippen molar-refractivity contribution in [3.63, 3.8) is 0 Å². The number of carbonyl (C=O) groups is 2. The van der Waals surface area contributed by atoms with Crippen LogP contribution >= 0.6 is 12.4 Å². The van der Waals surface area contributed by atoms with Gasteiger partial charge in [0.25, 0.3) is 0 Å². The van der Waals surface area contributed by atoms with Gasteiger partial charge in [0.1, 0.15) is 0 Å². The van der Waals surface area contributed by atoms with Gasteiger partial charge in [-0.15, -0.1) is 12.4 Å². The van der Waals surface area contributed by atoms with E-state index >= 15 is 0 Å². The maximum absolute atomic E-state index is 11.8. The lowest BCUT2D eigenvalue weighted by Crippen LogP contribution is -2.46. The summed E-state index contributed by atoms with van der Waals surface area (Å²) in [6.07, 6.45) is 0.982. The van der Waals surface area contributed by atoms with E-state index in [9.17, 15) is 9.59 Å². The van der Waals surface area contributed by atoms with Crippen molar-refractivity contribution in [1.82, 2.24) is 15.5 Å².